The first-order valence-electron chi connectivity index (χ1n) is 8.80. The van der Waals surface area contributed by atoms with Gasteiger partial charge in [-0.15, -0.1) is 10.2 Å². The molecule has 0 saturated carbocycles. The topological polar surface area (TPSA) is 103 Å². The van der Waals surface area contributed by atoms with Crippen molar-refractivity contribution in [2.75, 3.05) is 5.32 Å². The van der Waals surface area contributed by atoms with Crippen LogP contribution in [0.1, 0.15) is 13.8 Å². The van der Waals surface area contributed by atoms with E-state index in [1.165, 1.54) is 30.0 Å². The minimum Gasteiger partial charge on any atom is -0.324 e. The first-order chi connectivity index (χ1) is 13.9. The molecule has 0 radical (unpaired) electrons. The summed E-state index contributed by atoms with van der Waals surface area (Å²) in [5, 5.41) is 22.3. The van der Waals surface area contributed by atoms with Crippen molar-refractivity contribution in [1.82, 2.24) is 14.8 Å². The number of hydrogen-bond donors (Lipinski definition) is 1. The van der Waals surface area contributed by atoms with E-state index in [-0.39, 0.29) is 16.6 Å². The highest BCUT2D eigenvalue weighted by Gasteiger charge is 2.21. The van der Waals surface area contributed by atoms with Gasteiger partial charge >= 0.3 is 0 Å². The number of amides is 1. The Labute approximate surface area is 176 Å². The van der Waals surface area contributed by atoms with Gasteiger partial charge in [-0.1, -0.05) is 53.7 Å². The number of anilines is 1. The molecule has 1 N–H and O–H groups in total. The Kier molecular flexibility index (Phi) is 6.50. The van der Waals surface area contributed by atoms with Crippen LogP contribution in [0.2, 0.25) is 5.02 Å². The third kappa shape index (κ3) is 4.75. The highest BCUT2D eigenvalue weighted by atomic mass is 35.5. The molecule has 8 nitrogen and oxygen atoms in total. The fourth-order valence-electron chi connectivity index (χ4n) is 2.63. The van der Waals surface area contributed by atoms with Gasteiger partial charge in [0.1, 0.15) is 0 Å². The minimum atomic E-state index is -0.544. The largest absolute Gasteiger partial charge is 0.324 e. The van der Waals surface area contributed by atoms with E-state index in [4.69, 9.17) is 11.6 Å². The number of carbonyl (C=O) groups is 1. The zero-order valence-electron chi connectivity index (χ0n) is 15.7. The Hall–Kier alpha value is -2.91. The molecule has 0 saturated heterocycles. The maximum atomic E-state index is 12.6. The molecule has 150 valence electrons. The van der Waals surface area contributed by atoms with Crippen molar-refractivity contribution in [3.05, 3.63) is 63.7 Å². The molecule has 29 heavy (non-hydrogen) atoms. The van der Waals surface area contributed by atoms with E-state index < -0.39 is 10.2 Å². The lowest BCUT2D eigenvalue weighted by Gasteiger charge is -2.13. The van der Waals surface area contributed by atoms with Gasteiger partial charge in [0.2, 0.25) is 5.91 Å². The second-order valence-corrected chi connectivity index (χ2v) is 7.80. The number of benzene rings is 2. The summed E-state index contributed by atoms with van der Waals surface area (Å²) < 4.78 is 1.95. The Morgan fingerprint density at radius 2 is 2.00 bits per heavy atom. The zero-order chi connectivity index (χ0) is 21.0. The summed E-state index contributed by atoms with van der Waals surface area (Å²) in [6.45, 7) is 4.39. The first kappa shape index (κ1) is 20.8. The molecule has 1 amide bonds. The van der Waals surface area contributed by atoms with Gasteiger partial charge in [0.25, 0.3) is 5.69 Å². The molecule has 3 rings (SSSR count). The van der Waals surface area contributed by atoms with Gasteiger partial charge in [0, 0.05) is 24.2 Å². The number of thioether (sulfide) groups is 1. The average molecular weight is 432 g/mol. The van der Waals surface area contributed by atoms with Gasteiger partial charge in [-0.05, 0) is 19.9 Å². The molecule has 2 aromatic carbocycles. The minimum absolute atomic E-state index is 0.104. The number of nitro benzene ring substituents is 1. The van der Waals surface area contributed by atoms with E-state index in [2.05, 4.69) is 15.5 Å². The molecule has 1 aromatic heterocycles. The highest BCUT2D eigenvalue weighted by molar-refractivity contribution is 8.00. The average Bonchev–Trinajstić information content (AvgIpc) is 3.12. The molecular weight excluding hydrogens is 414 g/mol. The number of carbonyl (C=O) groups excluding carboxylic acids is 1. The van der Waals surface area contributed by atoms with Crippen LogP contribution in [0.4, 0.5) is 11.4 Å². The van der Waals surface area contributed by atoms with E-state index in [0.717, 1.165) is 11.4 Å². The smallest absolute Gasteiger partial charge is 0.271 e. The molecule has 0 spiro atoms. The van der Waals surface area contributed by atoms with Crippen LogP contribution in [0.15, 0.2) is 53.7 Å². The fraction of sp³-hybridized carbons (Fsp3) is 0.211. The molecule has 0 unspecified atom stereocenters. The predicted molar refractivity (Wildman–Crippen MR) is 113 cm³/mol. The summed E-state index contributed by atoms with van der Waals surface area (Å²) in [6, 6.07) is 13.6. The monoisotopic (exact) mass is 431 g/mol. The second-order valence-electron chi connectivity index (χ2n) is 6.09. The number of non-ortho nitro benzene ring substituents is 1. The number of nitro groups is 1. The fourth-order valence-corrected chi connectivity index (χ4v) is 3.76. The molecule has 0 fully saturated rings. The third-order valence-electron chi connectivity index (χ3n) is 4.14. The number of hydrogen-bond acceptors (Lipinski definition) is 6. The quantitative estimate of drug-likeness (QED) is 0.332. The molecule has 3 aromatic rings. The number of aromatic nitrogens is 3. The van der Waals surface area contributed by atoms with Crippen LogP contribution < -0.4 is 5.32 Å². The lowest BCUT2D eigenvalue weighted by molar-refractivity contribution is -0.384. The van der Waals surface area contributed by atoms with Crippen LogP contribution >= 0.6 is 23.4 Å². The Balaban J connectivity index is 1.73. The third-order valence-corrected chi connectivity index (χ3v) is 5.53. The summed E-state index contributed by atoms with van der Waals surface area (Å²) in [7, 11) is 0. The highest BCUT2D eigenvalue weighted by Crippen LogP contribution is 2.30. The maximum absolute atomic E-state index is 12.6. The lowest BCUT2D eigenvalue weighted by atomic mass is 10.2. The van der Waals surface area contributed by atoms with Crippen molar-refractivity contribution in [2.45, 2.75) is 30.8 Å². The van der Waals surface area contributed by atoms with Crippen molar-refractivity contribution in [2.24, 2.45) is 0 Å². The van der Waals surface area contributed by atoms with Crippen molar-refractivity contribution in [1.29, 1.82) is 0 Å². The summed E-state index contributed by atoms with van der Waals surface area (Å²) in [5.41, 5.74) is 1.13. The standard InChI is InChI=1S/C19H18ClN5O3S/c1-3-24-17(13-7-5-4-6-8-13)22-23-19(24)29-12(2)18(26)21-16-10-9-14(25(27)28)11-15(16)20/h4-12H,3H2,1-2H3,(H,21,26)/t12-/m0/s1. The predicted octanol–water partition coefficient (Wildman–Crippen LogP) is 4.65. The Morgan fingerprint density at radius 1 is 1.28 bits per heavy atom. The molecular formula is C19H18ClN5O3S. The number of nitrogens with one attached hydrogen (secondary N) is 1. The maximum Gasteiger partial charge on any atom is 0.271 e. The molecule has 0 aliphatic rings. The Bertz CT molecular complexity index is 1040. The summed E-state index contributed by atoms with van der Waals surface area (Å²) in [5.74, 6) is 0.444. The van der Waals surface area contributed by atoms with Gasteiger partial charge in [-0.25, -0.2) is 0 Å². The SMILES string of the molecule is CCn1c(S[C@@H](C)C(=O)Nc2ccc([N+](=O)[O-])cc2Cl)nnc1-c1ccccc1. The number of halogens is 1. The van der Waals surface area contributed by atoms with E-state index in [1.54, 1.807) is 6.92 Å². The molecule has 0 aliphatic carbocycles. The normalized spacial score (nSPS) is 11.8. The van der Waals surface area contributed by atoms with Gasteiger partial charge in [-0.3, -0.25) is 14.9 Å². The van der Waals surface area contributed by atoms with Crippen molar-refractivity contribution < 1.29 is 9.72 Å². The molecule has 0 aliphatic heterocycles. The lowest BCUT2D eigenvalue weighted by Crippen LogP contribution is -2.23. The molecule has 1 heterocycles. The van der Waals surface area contributed by atoms with Gasteiger partial charge in [0.05, 0.1) is 20.9 Å². The van der Waals surface area contributed by atoms with Gasteiger partial charge < -0.3 is 9.88 Å². The van der Waals surface area contributed by atoms with Crippen molar-refractivity contribution >= 4 is 40.6 Å². The van der Waals surface area contributed by atoms with Crippen LogP contribution in [-0.4, -0.2) is 30.8 Å². The Morgan fingerprint density at radius 3 is 2.62 bits per heavy atom. The van der Waals surface area contributed by atoms with Crippen LogP contribution in [-0.2, 0) is 11.3 Å². The zero-order valence-corrected chi connectivity index (χ0v) is 17.3. The molecule has 1 atom stereocenters. The van der Waals surface area contributed by atoms with Crippen molar-refractivity contribution in [3.63, 3.8) is 0 Å². The van der Waals surface area contributed by atoms with Crippen LogP contribution in [0.25, 0.3) is 11.4 Å². The van der Waals surface area contributed by atoms with Crippen molar-refractivity contribution in [3.8, 4) is 11.4 Å². The van der Waals surface area contributed by atoms with E-state index >= 15 is 0 Å². The van der Waals surface area contributed by atoms with Crippen LogP contribution in [0, 0.1) is 10.1 Å². The van der Waals surface area contributed by atoms with E-state index in [9.17, 15) is 14.9 Å². The van der Waals surface area contributed by atoms with Crippen LogP contribution in [0.5, 0.6) is 0 Å². The second kappa shape index (κ2) is 9.06. The molecule has 0 bridgehead atoms. The van der Waals surface area contributed by atoms with Crippen LogP contribution in [0.3, 0.4) is 0 Å². The van der Waals surface area contributed by atoms with E-state index in [1.807, 2.05) is 41.8 Å². The summed E-state index contributed by atoms with van der Waals surface area (Å²) >= 11 is 7.33. The number of rotatable bonds is 7. The summed E-state index contributed by atoms with van der Waals surface area (Å²) in [6.07, 6.45) is 0. The first-order valence-corrected chi connectivity index (χ1v) is 10.1. The summed E-state index contributed by atoms with van der Waals surface area (Å²) in [4.78, 5) is 22.8. The van der Waals surface area contributed by atoms with E-state index in [0.29, 0.717) is 17.4 Å². The van der Waals surface area contributed by atoms with Gasteiger partial charge in [-0.2, -0.15) is 0 Å². The molecule has 10 heteroatoms. The van der Waals surface area contributed by atoms with Gasteiger partial charge in [0.15, 0.2) is 11.0 Å². The number of nitrogens with zero attached hydrogens (tertiary/aromatic N) is 4.